The molecule has 1 spiro atoms. The summed E-state index contributed by atoms with van der Waals surface area (Å²) in [5, 5.41) is 6.71. The van der Waals surface area contributed by atoms with Gasteiger partial charge in [0.15, 0.2) is 5.82 Å². The van der Waals surface area contributed by atoms with Crippen molar-refractivity contribution in [1.82, 2.24) is 20.1 Å². The van der Waals surface area contributed by atoms with Gasteiger partial charge in [0.05, 0.1) is 18.8 Å². The predicted molar refractivity (Wildman–Crippen MR) is 89.5 cm³/mol. The van der Waals surface area contributed by atoms with Crippen molar-refractivity contribution in [2.75, 3.05) is 19.7 Å². The van der Waals surface area contributed by atoms with E-state index >= 15 is 0 Å². The topological polar surface area (TPSA) is 71.1 Å². The van der Waals surface area contributed by atoms with Crippen LogP contribution in [-0.4, -0.2) is 51.3 Å². The minimum Gasteiger partial charge on any atom is -0.371 e. The van der Waals surface area contributed by atoms with E-state index in [1.807, 2.05) is 29.2 Å². The maximum absolute atomic E-state index is 13.0. The van der Waals surface area contributed by atoms with Crippen LogP contribution >= 0.6 is 0 Å². The molecule has 1 aliphatic carbocycles. The number of benzene rings is 1. The number of nitrogens with zero attached hydrogens (tertiary/aromatic N) is 3. The number of amides is 1. The number of aromatic amines is 1. The number of H-pyrrole nitrogens is 1. The monoisotopic (exact) mass is 326 g/mol. The van der Waals surface area contributed by atoms with Crippen molar-refractivity contribution < 1.29 is 9.53 Å². The molecule has 6 heteroatoms. The number of hydrogen-bond acceptors (Lipinski definition) is 4. The molecule has 1 N–H and O–H groups in total. The van der Waals surface area contributed by atoms with Gasteiger partial charge in [0, 0.05) is 17.7 Å². The number of rotatable bonds is 2. The lowest BCUT2D eigenvalue weighted by molar-refractivity contribution is -0.117. The summed E-state index contributed by atoms with van der Waals surface area (Å²) in [6.07, 6.45) is 7.27. The Morgan fingerprint density at radius 2 is 2.12 bits per heavy atom. The third-order valence-corrected chi connectivity index (χ3v) is 5.10. The average Bonchev–Trinajstić information content (AvgIpc) is 3.17. The van der Waals surface area contributed by atoms with Crippen LogP contribution in [0.15, 0.2) is 30.6 Å². The van der Waals surface area contributed by atoms with Gasteiger partial charge >= 0.3 is 0 Å². The van der Waals surface area contributed by atoms with Gasteiger partial charge in [-0.15, -0.1) is 0 Å². The van der Waals surface area contributed by atoms with Crippen molar-refractivity contribution >= 4 is 5.91 Å². The van der Waals surface area contributed by atoms with Crippen LogP contribution in [-0.2, 0) is 4.74 Å². The molecule has 0 unspecified atom stereocenters. The number of carbonyl (C=O) groups is 1. The Balaban J connectivity index is 1.54. The van der Waals surface area contributed by atoms with E-state index in [1.165, 1.54) is 25.6 Å². The van der Waals surface area contributed by atoms with Crippen molar-refractivity contribution in [3.63, 3.8) is 0 Å². The SMILES string of the molecule is O=C(c1cccc(-c2ncn[nH]2)c1)N1CCOC2(CCCCC2)C1. The molecule has 2 heterocycles. The smallest absolute Gasteiger partial charge is 0.254 e. The van der Waals surface area contributed by atoms with Crippen molar-refractivity contribution in [3.8, 4) is 11.4 Å². The highest BCUT2D eigenvalue weighted by Crippen LogP contribution is 2.34. The quantitative estimate of drug-likeness (QED) is 0.921. The van der Waals surface area contributed by atoms with Crippen LogP contribution < -0.4 is 0 Å². The molecule has 1 saturated heterocycles. The third kappa shape index (κ3) is 2.94. The number of nitrogens with one attached hydrogen (secondary N) is 1. The molecule has 1 aromatic carbocycles. The van der Waals surface area contributed by atoms with Crippen LogP contribution in [0.2, 0.25) is 0 Å². The summed E-state index contributed by atoms with van der Waals surface area (Å²) in [4.78, 5) is 19.1. The van der Waals surface area contributed by atoms with Gasteiger partial charge in [0.25, 0.3) is 5.91 Å². The molecule has 0 radical (unpaired) electrons. The predicted octanol–water partition coefficient (Wildman–Crippen LogP) is 2.65. The summed E-state index contributed by atoms with van der Waals surface area (Å²) in [5.74, 6) is 0.750. The molecule has 1 aromatic heterocycles. The van der Waals surface area contributed by atoms with Gasteiger partial charge < -0.3 is 9.64 Å². The molecule has 0 bridgehead atoms. The maximum atomic E-state index is 13.0. The van der Waals surface area contributed by atoms with Gasteiger partial charge in [-0.05, 0) is 25.0 Å². The molecule has 24 heavy (non-hydrogen) atoms. The molecule has 2 aromatic rings. The minimum atomic E-state index is -0.116. The van der Waals surface area contributed by atoms with E-state index in [9.17, 15) is 4.79 Å². The van der Waals surface area contributed by atoms with E-state index in [0.717, 1.165) is 18.4 Å². The van der Waals surface area contributed by atoms with Gasteiger partial charge in [-0.2, -0.15) is 5.10 Å². The van der Waals surface area contributed by atoms with Crippen LogP contribution in [0.5, 0.6) is 0 Å². The van der Waals surface area contributed by atoms with E-state index in [1.54, 1.807) is 0 Å². The second-order valence-electron chi connectivity index (χ2n) is 6.73. The lowest BCUT2D eigenvalue weighted by Crippen LogP contribution is -2.54. The second kappa shape index (κ2) is 6.36. The van der Waals surface area contributed by atoms with E-state index in [0.29, 0.717) is 31.1 Å². The zero-order valence-corrected chi connectivity index (χ0v) is 13.7. The zero-order chi connectivity index (χ0) is 16.4. The Labute approximate surface area is 141 Å². The largest absolute Gasteiger partial charge is 0.371 e. The lowest BCUT2D eigenvalue weighted by atomic mass is 9.83. The Hall–Kier alpha value is -2.21. The molecule has 6 nitrogen and oxygen atoms in total. The second-order valence-corrected chi connectivity index (χ2v) is 6.73. The van der Waals surface area contributed by atoms with E-state index in [-0.39, 0.29) is 11.5 Å². The zero-order valence-electron chi connectivity index (χ0n) is 13.7. The summed E-state index contributed by atoms with van der Waals surface area (Å²) in [7, 11) is 0. The highest BCUT2D eigenvalue weighted by molar-refractivity contribution is 5.95. The molecule has 2 aliphatic rings. The fraction of sp³-hybridized carbons (Fsp3) is 0.500. The van der Waals surface area contributed by atoms with Crippen LogP contribution in [0.3, 0.4) is 0 Å². The number of carbonyl (C=O) groups excluding carboxylic acids is 1. The molecule has 1 amide bonds. The fourth-order valence-corrected chi connectivity index (χ4v) is 3.84. The standard InChI is InChI=1S/C18H22N4O2/c23-17(15-6-4-5-14(11-15)16-19-13-20-21-16)22-9-10-24-18(12-22)7-2-1-3-8-18/h4-6,11,13H,1-3,7-10,12H2,(H,19,20,21). The van der Waals surface area contributed by atoms with Crippen LogP contribution in [0.1, 0.15) is 42.5 Å². The average molecular weight is 326 g/mol. The molecule has 1 saturated carbocycles. The van der Waals surface area contributed by atoms with Crippen LogP contribution in [0.25, 0.3) is 11.4 Å². The first kappa shape index (κ1) is 15.3. The van der Waals surface area contributed by atoms with Crippen molar-refractivity contribution in [1.29, 1.82) is 0 Å². The maximum Gasteiger partial charge on any atom is 0.254 e. The fourth-order valence-electron chi connectivity index (χ4n) is 3.84. The summed E-state index contributed by atoms with van der Waals surface area (Å²) in [6, 6.07) is 7.57. The Kier molecular flexibility index (Phi) is 4.06. The highest BCUT2D eigenvalue weighted by Gasteiger charge is 2.39. The minimum absolute atomic E-state index is 0.0737. The molecule has 1 aliphatic heterocycles. The number of ether oxygens (including phenoxy) is 1. The lowest BCUT2D eigenvalue weighted by Gasteiger charge is -2.45. The van der Waals surface area contributed by atoms with E-state index in [2.05, 4.69) is 15.2 Å². The van der Waals surface area contributed by atoms with Gasteiger partial charge in [0.1, 0.15) is 6.33 Å². The molecular formula is C18H22N4O2. The first-order valence-corrected chi connectivity index (χ1v) is 8.65. The third-order valence-electron chi connectivity index (χ3n) is 5.10. The highest BCUT2D eigenvalue weighted by atomic mass is 16.5. The molecule has 2 fully saturated rings. The van der Waals surface area contributed by atoms with Crippen molar-refractivity contribution in [3.05, 3.63) is 36.2 Å². The molecule has 4 rings (SSSR count). The number of aromatic nitrogens is 3. The summed E-state index contributed by atoms with van der Waals surface area (Å²) >= 11 is 0. The summed E-state index contributed by atoms with van der Waals surface area (Å²) in [6.45, 7) is 2.00. The van der Waals surface area contributed by atoms with Gasteiger partial charge in [-0.1, -0.05) is 31.4 Å². The van der Waals surface area contributed by atoms with Crippen molar-refractivity contribution in [2.45, 2.75) is 37.7 Å². The van der Waals surface area contributed by atoms with E-state index in [4.69, 9.17) is 4.74 Å². The van der Waals surface area contributed by atoms with E-state index < -0.39 is 0 Å². The summed E-state index contributed by atoms with van der Waals surface area (Å²) in [5.41, 5.74) is 1.45. The van der Waals surface area contributed by atoms with Crippen molar-refractivity contribution in [2.24, 2.45) is 0 Å². The molecule has 126 valence electrons. The van der Waals surface area contributed by atoms with Gasteiger partial charge in [0.2, 0.25) is 0 Å². The molecule has 0 atom stereocenters. The van der Waals surface area contributed by atoms with Crippen LogP contribution in [0, 0.1) is 0 Å². The van der Waals surface area contributed by atoms with Gasteiger partial charge in [-0.25, -0.2) is 4.98 Å². The van der Waals surface area contributed by atoms with Gasteiger partial charge in [-0.3, -0.25) is 9.89 Å². The normalized spacial score (nSPS) is 20.2. The first-order valence-electron chi connectivity index (χ1n) is 8.65. The van der Waals surface area contributed by atoms with Crippen LogP contribution in [0.4, 0.5) is 0 Å². The Morgan fingerprint density at radius 1 is 1.25 bits per heavy atom. The number of hydrogen-bond donors (Lipinski definition) is 1. The molecular weight excluding hydrogens is 304 g/mol. The Bertz CT molecular complexity index is 702. The summed E-state index contributed by atoms with van der Waals surface area (Å²) < 4.78 is 6.09. The first-order chi connectivity index (χ1) is 11.8. The number of morpholine rings is 1. The Morgan fingerprint density at radius 3 is 2.92 bits per heavy atom.